The molecule has 4 rings (SSSR count). The first-order valence-electron chi connectivity index (χ1n) is 11.7. The van der Waals surface area contributed by atoms with E-state index < -0.39 is 0 Å². The lowest BCUT2D eigenvalue weighted by molar-refractivity contribution is -0.00857. The summed E-state index contributed by atoms with van der Waals surface area (Å²) in [4.78, 5) is 7.65. The number of nitrogens with zero attached hydrogens (tertiary/aromatic N) is 3. The van der Waals surface area contributed by atoms with E-state index in [9.17, 15) is 0 Å². The molecule has 2 aliphatic heterocycles. The zero-order chi connectivity index (χ0) is 22.1. The van der Waals surface area contributed by atoms with Crippen LogP contribution in [0, 0.1) is 16.7 Å². The molecular formula is C26H35N3OS. The molecule has 0 amide bonds. The number of benzene rings is 1. The minimum absolute atomic E-state index is 0.0710. The standard InChI is InChI=1S/C26H35N3OS/c1-19(2)24-28-22(17-31-24)25(3,4)29-14-13-26(18-29,23-6-5-15-30-23)12-11-20-7-9-21(16-27)10-8-20/h7-10,17,19,23H,5-6,11-15,18H2,1-4H3/t23-,26-/m1/s1. The second-order valence-corrected chi connectivity index (χ2v) is 11.0. The third kappa shape index (κ3) is 4.58. The highest BCUT2D eigenvalue weighted by atomic mass is 32.1. The van der Waals surface area contributed by atoms with E-state index in [2.05, 4.69) is 56.2 Å². The summed E-state index contributed by atoms with van der Waals surface area (Å²) in [7, 11) is 0. The summed E-state index contributed by atoms with van der Waals surface area (Å²) in [6, 6.07) is 10.3. The summed E-state index contributed by atoms with van der Waals surface area (Å²) < 4.78 is 6.28. The fourth-order valence-corrected chi connectivity index (χ4v) is 6.19. The Morgan fingerprint density at radius 3 is 2.71 bits per heavy atom. The van der Waals surface area contributed by atoms with Crippen molar-refractivity contribution in [2.45, 2.75) is 77.4 Å². The molecule has 0 radical (unpaired) electrons. The molecule has 166 valence electrons. The number of likely N-dealkylation sites (tertiary alicyclic amines) is 1. The van der Waals surface area contributed by atoms with E-state index in [0.717, 1.165) is 38.1 Å². The summed E-state index contributed by atoms with van der Waals surface area (Å²) in [6.45, 7) is 12.2. The Bertz CT molecular complexity index is 921. The first kappa shape index (κ1) is 22.5. The van der Waals surface area contributed by atoms with Gasteiger partial charge in [-0.15, -0.1) is 11.3 Å². The van der Waals surface area contributed by atoms with Crippen molar-refractivity contribution in [1.82, 2.24) is 9.88 Å². The van der Waals surface area contributed by atoms with Crippen LogP contribution in [-0.4, -0.2) is 35.7 Å². The predicted octanol–water partition coefficient (Wildman–Crippen LogP) is 5.88. The van der Waals surface area contributed by atoms with Gasteiger partial charge in [-0.25, -0.2) is 4.98 Å². The highest BCUT2D eigenvalue weighted by Gasteiger charge is 2.49. The number of hydrogen-bond donors (Lipinski definition) is 0. The van der Waals surface area contributed by atoms with E-state index in [1.165, 1.54) is 35.5 Å². The van der Waals surface area contributed by atoms with Crippen LogP contribution in [0.5, 0.6) is 0 Å². The molecule has 0 unspecified atom stereocenters. The first-order chi connectivity index (χ1) is 14.8. The fourth-order valence-electron chi connectivity index (χ4n) is 5.20. The third-order valence-corrected chi connectivity index (χ3v) is 8.57. The van der Waals surface area contributed by atoms with Gasteiger partial charge in [0.1, 0.15) is 0 Å². The monoisotopic (exact) mass is 437 g/mol. The van der Waals surface area contributed by atoms with E-state index in [4.69, 9.17) is 15.0 Å². The Labute approximate surface area is 191 Å². The lowest BCUT2D eigenvalue weighted by Crippen LogP contribution is -2.44. The van der Waals surface area contributed by atoms with Gasteiger partial charge in [0.05, 0.1) is 34.0 Å². The van der Waals surface area contributed by atoms with E-state index >= 15 is 0 Å². The van der Waals surface area contributed by atoms with E-state index in [-0.39, 0.29) is 11.0 Å². The Kier molecular flexibility index (Phi) is 6.53. The second kappa shape index (κ2) is 9.02. The molecule has 0 aliphatic carbocycles. The van der Waals surface area contributed by atoms with Crippen molar-refractivity contribution in [1.29, 1.82) is 5.26 Å². The van der Waals surface area contributed by atoms with Crippen LogP contribution in [0.15, 0.2) is 29.6 Å². The lowest BCUT2D eigenvalue weighted by atomic mass is 9.75. The molecule has 2 saturated heterocycles. The summed E-state index contributed by atoms with van der Waals surface area (Å²) in [5.41, 5.74) is 3.37. The van der Waals surface area contributed by atoms with E-state index in [0.29, 0.717) is 12.0 Å². The number of aromatic nitrogens is 1. The summed E-state index contributed by atoms with van der Waals surface area (Å²) in [5, 5.41) is 12.6. The van der Waals surface area contributed by atoms with Gasteiger partial charge in [0, 0.05) is 29.9 Å². The van der Waals surface area contributed by atoms with Gasteiger partial charge in [-0.3, -0.25) is 4.90 Å². The Morgan fingerprint density at radius 1 is 1.32 bits per heavy atom. The highest BCUT2D eigenvalue weighted by molar-refractivity contribution is 7.09. The van der Waals surface area contributed by atoms with Crippen molar-refractivity contribution < 1.29 is 4.74 Å². The van der Waals surface area contributed by atoms with Gasteiger partial charge in [0.25, 0.3) is 0 Å². The summed E-state index contributed by atoms with van der Waals surface area (Å²) in [5.74, 6) is 0.478. The maximum absolute atomic E-state index is 9.07. The minimum atomic E-state index is -0.0710. The van der Waals surface area contributed by atoms with Gasteiger partial charge in [-0.05, 0) is 70.2 Å². The number of hydrogen-bond acceptors (Lipinski definition) is 5. The molecule has 2 atom stereocenters. The topological polar surface area (TPSA) is 49.2 Å². The molecule has 0 N–H and O–H groups in total. The van der Waals surface area contributed by atoms with Crippen molar-refractivity contribution in [2.24, 2.45) is 5.41 Å². The zero-order valence-corrected chi connectivity index (χ0v) is 20.2. The molecule has 2 aliphatic rings. The van der Waals surface area contributed by atoms with Crippen LogP contribution in [0.1, 0.15) is 81.1 Å². The van der Waals surface area contributed by atoms with Gasteiger partial charge < -0.3 is 4.74 Å². The van der Waals surface area contributed by atoms with Crippen LogP contribution >= 0.6 is 11.3 Å². The van der Waals surface area contributed by atoms with Crippen LogP contribution in [0.4, 0.5) is 0 Å². The molecule has 1 aromatic carbocycles. The molecule has 31 heavy (non-hydrogen) atoms. The van der Waals surface area contributed by atoms with Gasteiger partial charge in [-0.1, -0.05) is 26.0 Å². The smallest absolute Gasteiger partial charge is 0.0991 e. The Morgan fingerprint density at radius 2 is 2.10 bits per heavy atom. The van der Waals surface area contributed by atoms with Crippen LogP contribution in [0.3, 0.4) is 0 Å². The fraction of sp³-hybridized carbons (Fsp3) is 0.615. The predicted molar refractivity (Wildman–Crippen MR) is 126 cm³/mol. The van der Waals surface area contributed by atoms with Crippen molar-refractivity contribution >= 4 is 11.3 Å². The minimum Gasteiger partial charge on any atom is -0.378 e. The molecule has 3 heterocycles. The average Bonchev–Trinajstić information content (AvgIpc) is 3.53. The van der Waals surface area contributed by atoms with Crippen LogP contribution in [0.25, 0.3) is 0 Å². The third-order valence-electron chi connectivity index (χ3n) is 7.43. The SMILES string of the molecule is CC(C)c1nc(C(C)(C)N2CC[C@@](CCc3ccc(C#N)cc3)([C@H]3CCCO3)C2)cs1. The Hall–Kier alpha value is -1.74. The molecule has 0 saturated carbocycles. The largest absolute Gasteiger partial charge is 0.378 e. The van der Waals surface area contributed by atoms with Crippen molar-refractivity contribution in [3.05, 3.63) is 51.5 Å². The maximum atomic E-state index is 9.07. The number of ether oxygens (including phenoxy) is 1. The molecule has 4 nitrogen and oxygen atoms in total. The molecular weight excluding hydrogens is 402 g/mol. The zero-order valence-electron chi connectivity index (χ0n) is 19.4. The molecule has 5 heteroatoms. The first-order valence-corrected chi connectivity index (χ1v) is 12.5. The van der Waals surface area contributed by atoms with Crippen LogP contribution < -0.4 is 0 Å². The normalized spacial score (nSPS) is 24.7. The summed E-state index contributed by atoms with van der Waals surface area (Å²) >= 11 is 1.79. The number of thiazole rings is 1. The molecule has 2 aromatic rings. The van der Waals surface area contributed by atoms with Gasteiger partial charge in [-0.2, -0.15) is 5.26 Å². The molecule has 0 bridgehead atoms. The van der Waals surface area contributed by atoms with Gasteiger partial charge in [0.15, 0.2) is 0 Å². The van der Waals surface area contributed by atoms with E-state index in [1.54, 1.807) is 11.3 Å². The number of rotatable bonds is 7. The number of aryl methyl sites for hydroxylation is 1. The molecule has 0 spiro atoms. The van der Waals surface area contributed by atoms with Crippen molar-refractivity contribution in [3.63, 3.8) is 0 Å². The summed E-state index contributed by atoms with van der Waals surface area (Å²) in [6.07, 6.45) is 6.05. The molecule has 2 fully saturated rings. The highest BCUT2D eigenvalue weighted by Crippen LogP contribution is 2.47. The Balaban J connectivity index is 1.52. The van der Waals surface area contributed by atoms with Crippen molar-refractivity contribution in [3.8, 4) is 6.07 Å². The molecule has 1 aromatic heterocycles. The van der Waals surface area contributed by atoms with Crippen molar-refractivity contribution in [2.75, 3.05) is 19.7 Å². The average molecular weight is 438 g/mol. The lowest BCUT2D eigenvalue weighted by Gasteiger charge is -2.39. The van der Waals surface area contributed by atoms with Gasteiger partial charge in [0.2, 0.25) is 0 Å². The van der Waals surface area contributed by atoms with E-state index in [1.807, 2.05) is 12.1 Å². The number of nitriles is 1. The van der Waals surface area contributed by atoms with Crippen LogP contribution in [0.2, 0.25) is 0 Å². The van der Waals surface area contributed by atoms with Gasteiger partial charge >= 0.3 is 0 Å². The van der Waals surface area contributed by atoms with Crippen LogP contribution in [-0.2, 0) is 16.7 Å². The quantitative estimate of drug-likeness (QED) is 0.543. The maximum Gasteiger partial charge on any atom is 0.0991 e. The second-order valence-electron chi connectivity index (χ2n) is 10.1.